The predicted octanol–water partition coefficient (Wildman–Crippen LogP) is 13.4. The van der Waals surface area contributed by atoms with Crippen LogP contribution < -0.4 is 0 Å². The third kappa shape index (κ3) is 6.96. The van der Waals surface area contributed by atoms with Crippen LogP contribution in [0.4, 0.5) is 0 Å². The van der Waals surface area contributed by atoms with Gasteiger partial charge in [-0.05, 0) is 88.7 Å². The van der Waals surface area contributed by atoms with Crippen LogP contribution in [-0.2, 0) is 0 Å². The molecular weight excluding hydrogens is 739 g/mol. The van der Waals surface area contributed by atoms with Gasteiger partial charge in [-0.25, -0.2) is 19.3 Å². The maximum atomic E-state index is 8.95. The molecule has 1 aliphatic rings. The second-order valence-electron chi connectivity index (χ2n) is 14.5. The number of hydrogen-bond donors (Lipinski definition) is 2. The van der Waals surface area contributed by atoms with Crippen molar-refractivity contribution in [3.63, 3.8) is 0 Å². The Morgan fingerprint density at radius 3 is 1.47 bits per heavy atom. The first-order valence-electron chi connectivity index (χ1n) is 19.4. The summed E-state index contributed by atoms with van der Waals surface area (Å²) in [5.41, 5.74) is 16.5. The second-order valence-corrected chi connectivity index (χ2v) is 14.7. The van der Waals surface area contributed by atoms with Crippen LogP contribution in [0.5, 0.6) is 0 Å². The molecule has 2 aromatic heterocycles. The fraction of sp³-hybridized carbons (Fsp3) is 0. The molecule has 6 heteroatoms. The van der Waals surface area contributed by atoms with Crippen molar-refractivity contribution in [2.45, 2.75) is 0 Å². The van der Waals surface area contributed by atoms with Crippen molar-refractivity contribution in [3.05, 3.63) is 205 Å². The Hall–Kier alpha value is -7.54. The van der Waals surface area contributed by atoms with Gasteiger partial charge in [-0.2, -0.15) is 0 Å². The first-order valence-corrected chi connectivity index (χ1v) is 19.8. The normalized spacial score (nSPS) is 12.8. The van der Waals surface area contributed by atoms with E-state index < -0.39 is 0 Å². The molecule has 1 aliphatic carbocycles. The molecule has 0 spiro atoms. The van der Waals surface area contributed by atoms with E-state index in [1.807, 2.05) is 48.6 Å². The standard InChI is InChI=1S/C53H35N5S/c54-51-47(58-59)29-28-45-50(51)44-22-7-8-23-46(44)55-52(45)37-26-24-36(25-27-37)39-17-10-20-42(31-39)49-33-48(41-19-9-16-38(30-41)34-12-3-1-4-13-34)56-53(57-49)43-21-11-18-40(32-43)35-14-5-2-6-15-35/h1-33,54,59H. The minimum Gasteiger partial charge on any atom is -0.298 e. The first-order chi connectivity index (χ1) is 29.1. The van der Waals surface area contributed by atoms with Crippen LogP contribution in [0.1, 0.15) is 11.1 Å². The van der Waals surface area contributed by atoms with Crippen LogP contribution in [-0.4, -0.2) is 26.4 Å². The van der Waals surface area contributed by atoms with Gasteiger partial charge in [0.15, 0.2) is 5.82 Å². The largest absolute Gasteiger partial charge is 0.298 e. The molecule has 0 aliphatic heterocycles. The fourth-order valence-electron chi connectivity index (χ4n) is 7.84. The SMILES string of the molecule is N=C1C(=NS)C=Cc2c(-c3ccc(-c4cccc(-c5cc(-c6cccc(-c7ccccc7)c6)nc(-c6cccc(-c7ccccc7)c6)n5)c4)cc3)nc3ccccc3c21. The molecule has 59 heavy (non-hydrogen) atoms. The Kier molecular flexibility index (Phi) is 9.37. The van der Waals surface area contributed by atoms with Crippen LogP contribution in [0, 0.1) is 5.41 Å². The van der Waals surface area contributed by atoms with Crippen molar-refractivity contribution < 1.29 is 0 Å². The number of thiol groups is 1. The lowest BCUT2D eigenvalue weighted by molar-refractivity contribution is 1.18. The molecule has 0 atom stereocenters. The number of pyridine rings is 1. The Labute approximate surface area is 348 Å². The minimum absolute atomic E-state index is 0.342. The van der Waals surface area contributed by atoms with Gasteiger partial charge < -0.3 is 0 Å². The van der Waals surface area contributed by atoms with Gasteiger partial charge in [-0.3, -0.25) is 5.41 Å². The van der Waals surface area contributed by atoms with Crippen molar-refractivity contribution in [1.82, 2.24) is 15.0 Å². The molecule has 0 saturated heterocycles. The summed E-state index contributed by atoms with van der Waals surface area (Å²) < 4.78 is 4.05. The van der Waals surface area contributed by atoms with Gasteiger partial charge in [0.25, 0.3) is 0 Å². The second kappa shape index (κ2) is 15.4. The van der Waals surface area contributed by atoms with E-state index in [-0.39, 0.29) is 0 Å². The molecule has 0 saturated carbocycles. The summed E-state index contributed by atoms with van der Waals surface area (Å²) in [7, 11) is 0. The van der Waals surface area contributed by atoms with Crippen molar-refractivity contribution in [2.24, 2.45) is 4.40 Å². The average Bonchev–Trinajstić information content (AvgIpc) is 3.32. The zero-order valence-corrected chi connectivity index (χ0v) is 32.7. The Balaban J connectivity index is 1.05. The van der Waals surface area contributed by atoms with Crippen molar-refractivity contribution in [3.8, 4) is 78.5 Å². The van der Waals surface area contributed by atoms with Crippen molar-refractivity contribution in [1.29, 1.82) is 5.41 Å². The molecular formula is C53H35N5S. The first kappa shape index (κ1) is 35.8. The van der Waals surface area contributed by atoms with Crippen LogP contribution in [0.25, 0.3) is 95.5 Å². The summed E-state index contributed by atoms with van der Waals surface area (Å²) >= 11 is 4.13. The van der Waals surface area contributed by atoms with E-state index in [0.717, 1.165) is 94.7 Å². The Bertz CT molecular complexity index is 3020. The van der Waals surface area contributed by atoms with E-state index in [1.54, 1.807) is 0 Å². The number of aromatic nitrogens is 3. The lowest BCUT2D eigenvalue weighted by Crippen LogP contribution is -2.18. The summed E-state index contributed by atoms with van der Waals surface area (Å²) in [6.07, 6.45) is 3.83. The summed E-state index contributed by atoms with van der Waals surface area (Å²) in [6.45, 7) is 0. The highest BCUT2D eigenvalue weighted by molar-refractivity contribution is 7.79. The van der Waals surface area contributed by atoms with Crippen LogP contribution in [0.3, 0.4) is 0 Å². The fourth-order valence-corrected chi connectivity index (χ4v) is 8.01. The number of hydrogen-bond acceptors (Lipinski definition) is 6. The Morgan fingerprint density at radius 1 is 0.407 bits per heavy atom. The lowest BCUT2D eigenvalue weighted by Gasteiger charge is -2.19. The zero-order chi connectivity index (χ0) is 39.7. The van der Waals surface area contributed by atoms with E-state index >= 15 is 0 Å². The van der Waals surface area contributed by atoms with Gasteiger partial charge >= 0.3 is 0 Å². The van der Waals surface area contributed by atoms with E-state index in [2.05, 4.69) is 169 Å². The number of para-hydroxylation sites is 1. The average molecular weight is 774 g/mol. The number of nitrogens with one attached hydrogen (secondary N) is 1. The van der Waals surface area contributed by atoms with Crippen LogP contribution >= 0.6 is 12.8 Å². The predicted molar refractivity (Wildman–Crippen MR) is 248 cm³/mol. The number of fused-ring (bicyclic) bond motifs is 3. The monoisotopic (exact) mass is 773 g/mol. The molecule has 5 nitrogen and oxygen atoms in total. The topological polar surface area (TPSA) is 74.9 Å². The molecule has 278 valence electrons. The number of nitrogens with zero attached hydrogens (tertiary/aromatic N) is 4. The van der Waals surface area contributed by atoms with Gasteiger partial charge in [0.2, 0.25) is 0 Å². The third-order valence-corrected chi connectivity index (χ3v) is 11.0. The quantitative estimate of drug-likeness (QED) is 0.158. The number of benzene rings is 7. The summed E-state index contributed by atoms with van der Waals surface area (Å²) in [6, 6.07) is 64.9. The van der Waals surface area contributed by atoms with Gasteiger partial charge in [0.05, 0.1) is 34.0 Å². The number of rotatable bonds is 7. The van der Waals surface area contributed by atoms with E-state index in [1.165, 1.54) is 0 Å². The molecule has 7 aromatic carbocycles. The zero-order valence-electron chi connectivity index (χ0n) is 31.8. The molecule has 2 heterocycles. The van der Waals surface area contributed by atoms with Gasteiger partial charge in [-0.15, -0.1) is 0 Å². The molecule has 0 amide bonds. The van der Waals surface area contributed by atoms with Crippen molar-refractivity contribution >= 4 is 41.2 Å². The van der Waals surface area contributed by atoms with Gasteiger partial charge in [0, 0.05) is 38.8 Å². The molecule has 0 bridgehead atoms. The van der Waals surface area contributed by atoms with Crippen LogP contribution in [0.2, 0.25) is 0 Å². The molecule has 10 rings (SSSR count). The van der Waals surface area contributed by atoms with E-state index in [9.17, 15) is 0 Å². The Morgan fingerprint density at radius 2 is 0.881 bits per heavy atom. The van der Waals surface area contributed by atoms with Gasteiger partial charge in [0.1, 0.15) is 0 Å². The number of allylic oxidation sites excluding steroid dienone is 1. The summed E-state index contributed by atoms with van der Waals surface area (Å²) in [4.78, 5) is 15.5. The molecule has 0 unspecified atom stereocenters. The lowest BCUT2D eigenvalue weighted by atomic mass is 9.88. The minimum atomic E-state index is 0.342. The molecule has 9 aromatic rings. The highest BCUT2D eigenvalue weighted by atomic mass is 32.1. The van der Waals surface area contributed by atoms with Gasteiger partial charge in [-0.1, -0.05) is 158 Å². The van der Waals surface area contributed by atoms with Crippen LogP contribution in [0.15, 0.2) is 199 Å². The van der Waals surface area contributed by atoms with E-state index in [4.69, 9.17) is 20.4 Å². The maximum Gasteiger partial charge on any atom is 0.160 e. The molecule has 0 fully saturated rings. The molecule has 0 radical (unpaired) electrons. The smallest absolute Gasteiger partial charge is 0.160 e. The highest BCUT2D eigenvalue weighted by Crippen LogP contribution is 2.37. The third-order valence-electron chi connectivity index (χ3n) is 10.8. The van der Waals surface area contributed by atoms with Crippen molar-refractivity contribution in [2.75, 3.05) is 0 Å². The summed E-state index contributed by atoms with van der Waals surface area (Å²) in [5, 5.41) is 9.88. The van der Waals surface area contributed by atoms with E-state index in [0.29, 0.717) is 17.2 Å². The maximum absolute atomic E-state index is 8.95. The summed E-state index contributed by atoms with van der Waals surface area (Å²) in [5.74, 6) is 0.663. The highest BCUT2D eigenvalue weighted by Gasteiger charge is 2.23. The molecule has 1 N–H and O–H groups in total.